The molecule has 0 aliphatic carbocycles. The third-order valence-electron chi connectivity index (χ3n) is 2.33. The summed E-state index contributed by atoms with van der Waals surface area (Å²) < 4.78 is 25.8. The van der Waals surface area contributed by atoms with E-state index in [1.165, 1.54) is 6.07 Å². The Morgan fingerprint density at radius 2 is 2.12 bits per heavy atom. The van der Waals surface area contributed by atoms with Gasteiger partial charge in [-0.25, -0.2) is 13.8 Å². The van der Waals surface area contributed by atoms with Crippen molar-refractivity contribution in [2.75, 3.05) is 0 Å². The zero-order valence-electron chi connectivity index (χ0n) is 8.87. The molecule has 0 aliphatic rings. The van der Waals surface area contributed by atoms with Crippen molar-refractivity contribution in [3.63, 3.8) is 0 Å². The maximum atomic E-state index is 13.0. The van der Waals surface area contributed by atoms with E-state index in [1.807, 2.05) is 6.07 Å². The van der Waals surface area contributed by atoms with Crippen molar-refractivity contribution in [1.82, 2.24) is 9.97 Å². The van der Waals surface area contributed by atoms with Crippen molar-refractivity contribution in [3.05, 3.63) is 41.9 Å². The molecule has 17 heavy (non-hydrogen) atoms. The molecule has 0 bridgehead atoms. The van der Waals surface area contributed by atoms with E-state index in [1.54, 1.807) is 6.20 Å². The van der Waals surface area contributed by atoms with E-state index in [2.05, 4.69) is 9.97 Å². The molecule has 0 radical (unpaired) electrons. The van der Waals surface area contributed by atoms with Crippen LogP contribution in [0.25, 0.3) is 11.3 Å². The Morgan fingerprint density at radius 1 is 1.29 bits per heavy atom. The molecule has 5 heteroatoms. The first-order valence-corrected chi connectivity index (χ1v) is 5.07. The van der Waals surface area contributed by atoms with Gasteiger partial charge in [0.2, 0.25) is 0 Å². The standard InChI is InChI=1S/C12H9F2N3/c13-9-4-3-8(6-10(9)14)11-7-16-12(17-11)2-1-5-15/h3-4,6-7H,1-2H2,(H,16,17). The van der Waals surface area contributed by atoms with Crippen molar-refractivity contribution in [2.24, 2.45) is 0 Å². The predicted octanol–water partition coefficient (Wildman–Crippen LogP) is 2.81. The Hall–Kier alpha value is -2.22. The Balaban J connectivity index is 2.25. The molecule has 0 aliphatic heterocycles. The molecule has 0 atom stereocenters. The monoisotopic (exact) mass is 233 g/mol. The van der Waals surface area contributed by atoms with Crippen LogP contribution in [-0.4, -0.2) is 9.97 Å². The number of imidazole rings is 1. The average molecular weight is 233 g/mol. The van der Waals surface area contributed by atoms with Crippen molar-refractivity contribution < 1.29 is 8.78 Å². The molecule has 0 unspecified atom stereocenters. The maximum Gasteiger partial charge on any atom is 0.159 e. The minimum absolute atomic E-state index is 0.366. The molecule has 0 saturated heterocycles. The summed E-state index contributed by atoms with van der Waals surface area (Å²) in [5, 5.41) is 8.44. The van der Waals surface area contributed by atoms with Crippen molar-refractivity contribution in [1.29, 1.82) is 5.26 Å². The number of rotatable bonds is 3. The van der Waals surface area contributed by atoms with E-state index in [-0.39, 0.29) is 0 Å². The van der Waals surface area contributed by atoms with Crippen LogP contribution in [-0.2, 0) is 6.42 Å². The molecule has 3 nitrogen and oxygen atoms in total. The zero-order chi connectivity index (χ0) is 12.3. The maximum absolute atomic E-state index is 13.0. The number of aromatic nitrogens is 2. The van der Waals surface area contributed by atoms with Gasteiger partial charge < -0.3 is 4.98 Å². The third kappa shape index (κ3) is 2.48. The van der Waals surface area contributed by atoms with Crippen LogP contribution in [0.2, 0.25) is 0 Å². The van der Waals surface area contributed by atoms with Crippen molar-refractivity contribution in [2.45, 2.75) is 12.8 Å². The number of nitrogens with zero attached hydrogens (tertiary/aromatic N) is 2. The Labute approximate surface area is 96.7 Å². The highest BCUT2D eigenvalue weighted by Gasteiger charge is 2.07. The number of hydrogen-bond acceptors (Lipinski definition) is 2. The van der Waals surface area contributed by atoms with Gasteiger partial charge in [-0.3, -0.25) is 0 Å². The topological polar surface area (TPSA) is 52.5 Å². The van der Waals surface area contributed by atoms with Gasteiger partial charge in [0.05, 0.1) is 18.0 Å². The van der Waals surface area contributed by atoms with E-state index in [9.17, 15) is 8.78 Å². The molecule has 86 valence electrons. The van der Waals surface area contributed by atoms with E-state index in [0.717, 1.165) is 12.1 Å². The quantitative estimate of drug-likeness (QED) is 0.886. The van der Waals surface area contributed by atoms with Gasteiger partial charge in [0.25, 0.3) is 0 Å². The van der Waals surface area contributed by atoms with Crippen LogP contribution in [0, 0.1) is 23.0 Å². The van der Waals surface area contributed by atoms with Gasteiger partial charge in [0.15, 0.2) is 11.6 Å². The minimum Gasteiger partial charge on any atom is -0.342 e. The summed E-state index contributed by atoms with van der Waals surface area (Å²) in [6, 6.07) is 5.66. The lowest BCUT2D eigenvalue weighted by molar-refractivity contribution is 0.509. The van der Waals surface area contributed by atoms with Crippen LogP contribution >= 0.6 is 0 Å². The highest BCUT2D eigenvalue weighted by Crippen LogP contribution is 2.19. The fraction of sp³-hybridized carbons (Fsp3) is 0.167. The first-order chi connectivity index (χ1) is 8.20. The van der Waals surface area contributed by atoms with Crippen LogP contribution in [0.4, 0.5) is 8.78 Å². The van der Waals surface area contributed by atoms with E-state index in [4.69, 9.17) is 5.26 Å². The second kappa shape index (κ2) is 4.74. The molecule has 1 aromatic carbocycles. The largest absolute Gasteiger partial charge is 0.342 e. The van der Waals surface area contributed by atoms with Crippen LogP contribution in [0.1, 0.15) is 12.2 Å². The van der Waals surface area contributed by atoms with Gasteiger partial charge in [-0.1, -0.05) is 0 Å². The average Bonchev–Trinajstić information content (AvgIpc) is 2.79. The van der Waals surface area contributed by atoms with Gasteiger partial charge in [-0.05, 0) is 18.2 Å². The van der Waals surface area contributed by atoms with Gasteiger partial charge >= 0.3 is 0 Å². The molecular formula is C12H9F2N3. The number of nitriles is 1. The van der Waals surface area contributed by atoms with Gasteiger partial charge in [0, 0.05) is 18.4 Å². The summed E-state index contributed by atoms with van der Waals surface area (Å²) in [6.07, 6.45) is 2.42. The number of benzene rings is 1. The number of H-pyrrole nitrogens is 1. The van der Waals surface area contributed by atoms with Gasteiger partial charge in [-0.15, -0.1) is 0 Å². The molecule has 2 rings (SSSR count). The second-order valence-corrected chi connectivity index (χ2v) is 3.53. The Morgan fingerprint density at radius 3 is 2.82 bits per heavy atom. The van der Waals surface area contributed by atoms with Crippen molar-refractivity contribution >= 4 is 0 Å². The molecule has 0 saturated carbocycles. The summed E-state index contributed by atoms with van der Waals surface area (Å²) in [5.41, 5.74) is 1.14. The molecule has 1 aromatic heterocycles. The smallest absolute Gasteiger partial charge is 0.159 e. The van der Waals surface area contributed by atoms with Gasteiger partial charge in [-0.2, -0.15) is 5.26 Å². The summed E-state index contributed by atoms with van der Waals surface area (Å²) in [7, 11) is 0. The number of hydrogen-bond donors (Lipinski definition) is 1. The molecule has 2 aromatic rings. The van der Waals surface area contributed by atoms with E-state index in [0.29, 0.717) is 29.9 Å². The lowest BCUT2D eigenvalue weighted by Gasteiger charge is -1.98. The van der Waals surface area contributed by atoms with Crippen LogP contribution in [0.5, 0.6) is 0 Å². The third-order valence-corrected chi connectivity index (χ3v) is 2.33. The number of aromatic amines is 1. The fourth-order valence-electron chi connectivity index (χ4n) is 1.47. The van der Waals surface area contributed by atoms with Crippen LogP contribution in [0.15, 0.2) is 24.4 Å². The minimum atomic E-state index is -0.893. The van der Waals surface area contributed by atoms with Crippen LogP contribution in [0.3, 0.4) is 0 Å². The summed E-state index contributed by atoms with van der Waals surface area (Å²) in [4.78, 5) is 7.02. The molecule has 1 N–H and O–H groups in total. The van der Waals surface area contributed by atoms with Gasteiger partial charge in [0.1, 0.15) is 5.82 Å². The SMILES string of the molecule is N#CCCc1ncc(-c2ccc(F)c(F)c2)[nH]1. The Bertz CT molecular complexity index is 569. The zero-order valence-corrected chi connectivity index (χ0v) is 8.87. The van der Waals surface area contributed by atoms with E-state index >= 15 is 0 Å². The molecular weight excluding hydrogens is 224 g/mol. The fourth-order valence-corrected chi connectivity index (χ4v) is 1.47. The number of aryl methyl sites for hydroxylation is 1. The number of nitrogens with one attached hydrogen (secondary N) is 1. The molecule has 1 heterocycles. The van der Waals surface area contributed by atoms with E-state index < -0.39 is 11.6 Å². The molecule has 0 fully saturated rings. The first-order valence-electron chi connectivity index (χ1n) is 5.07. The lowest BCUT2D eigenvalue weighted by Crippen LogP contribution is -1.88. The summed E-state index contributed by atoms with van der Waals surface area (Å²) in [5.74, 6) is -1.11. The summed E-state index contributed by atoms with van der Waals surface area (Å²) in [6.45, 7) is 0. The highest BCUT2D eigenvalue weighted by molar-refractivity contribution is 5.58. The van der Waals surface area contributed by atoms with Crippen molar-refractivity contribution in [3.8, 4) is 17.3 Å². The Kier molecular flexibility index (Phi) is 3.15. The normalized spacial score (nSPS) is 10.2. The van der Waals surface area contributed by atoms with Crippen LogP contribution < -0.4 is 0 Å². The highest BCUT2D eigenvalue weighted by atomic mass is 19.2. The first kappa shape index (κ1) is 11.3. The molecule has 0 amide bonds. The lowest BCUT2D eigenvalue weighted by atomic mass is 10.1. The predicted molar refractivity (Wildman–Crippen MR) is 57.9 cm³/mol. The summed E-state index contributed by atoms with van der Waals surface area (Å²) >= 11 is 0. The second-order valence-electron chi connectivity index (χ2n) is 3.53. The number of halogens is 2. The molecule has 0 spiro atoms.